The summed E-state index contributed by atoms with van der Waals surface area (Å²) >= 11 is 1.65. The van der Waals surface area contributed by atoms with E-state index in [1.54, 1.807) is 17.5 Å². The summed E-state index contributed by atoms with van der Waals surface area (Å²) < 4.78 is 1.12. The number of pyridine rings is 1. The Labute approximate surface area is 111 Å². The van der Waals surface area contributed by atoms with Crippen molar-refractivity contribution in [1.29, 1.82) is 0 Å². The van der Waals surface area contributed by atoms with E-state index in [0.29, 0.717) is 12.3 Å². The molecule has 0 radical (unpaired) electrons. The van der Waals surface area contributed by atoms with E-state index in [1.807, 2.05) is 17.5 Å². The number of aromatic nitrogens is 1. The summed E-state index contributed by atoms with van der Waals surface area (Å²) in [6, 6.07) is 3.99. The molecule has 0 N–H and O–H groups in total. The van der Waals surface area contributed by atoms with Gasteiger partial charge in [-0.3, -0.25) is 9.78 Å². The fourth-order valence-electron chi connectivity index (χ4n) is 2.77. The van der Waals surface area contributed by atoms with Crippen molar-refractivity contribution in [2.45, 2.75) is 38.5 Å². The lowest BCUT2D eigenvalue weighted by atomic mass is 9.85. The van der Waals surface area contributed by atoms with E-state index in [1.165, 1.54) is 32.1 Å². The van der Waals surface area contributed by atoms with Crippen LogP contribution >= 0.6 is 11.3 Å². The van der Waals surface area contributed by atoms with E-state index < -0.39 is 0 Å². The fraction of sp³-hybridized carbons (Fsp3) is 0.467. The Bertz CT molecular complexity index is 554. The Morgan fingerprint density at radius 1 is 1.33 bits per heavy atom. The molecular formula is C15H17NOS. The zero-order valence-corrected chi connectivity index (χ0v) is 11.2. The van der Waals surface area contributed by atoms with Crippen molar-refractivity contribution >= 4 is 27.3 Å². The molecule has 1 saturated carbocycles. The van der Waals surface area contributed by atoms with Crippen LogP contribution in [0.1, 0.15) is 48.9 Å². The van der Waals surface area contributed by atoms with Crippen LogP contribution in [0.15, 0.2) is 23.7 Å². The van der Waals surface area contributed by atoms with E-state index in [-0.39, 0.29) is 5.78 Å². The minimum atomic E-state index is 0.268. The summed E-state index contributed by atoms with van der Waals surface area (Å²) in [5.41, 5.74) is 1.78. The van der Waals surface area contributed by atoms with Gasteiger partial charge in [0.1, 0.15) is 0 Å². The molecule has 2 nitrogen and oxygen atoms in total. The van der Waals surface area contributed by atoms with E-state index in [2.05, 4.69) is 4.98 Å². The van der Waals surface area contributed by atoms with Crippen LogP contribution in [0, 0.1) is 5.92 Å². The molecule has 1 aliphatic rings. The summed E-state index contributed by atoms with van der Waals surface area (Å²) in [6.45, 7) is 0. The molecule has 0 bridgehead atoms. The molecule has 0 atom stereocenters. The van der Waals surface area contributed by atoms with Crippen LogP contribution in [0.2, 0.25) is 0 Å². The third-order valence-corrected chi connectivity index (χ3v) is 4.68. The molecule has 0 amide bonds. The molecule has 2 aromatic rings. The quantitative estimate of drug-likeness (QED) is 0.762. The zero-order chi connectivity index (χ0) is 12.4. The van der Waals surface area contributed by atoms with E-state index in [4.69, 9.17) is 0 Å². The number of fused-ring (bicyclic) bond motifs is 1. The number of carbonyl (C=O) groups excluding carboxylic acids is 1. The van der Waals surface area contributed by atoms with Gasteiger partial charge in [0.25, 0.3) is 0 Å². The molecule has 3 heteroatoms. The predicted molar refractivity (Wildman–Crippen MR) is 75.1 cm³/mol. The Kier molecular flexibility index (Phi) is 3.41. The van der Waals surface area contributed by atoms with Crippen LogP contribution in [-0.4, -0.2) is 10.8 Å². The maximum Gasteiger partial charge on any atom is 0.164 e. The lowest BCUT2D eigenvalue weighted by Crippen LogP contribution is -2.12. The van der Waals surface area contributed by atoms with Crippen molar-refractivity contribution in [3.8, 4) is 0 Å². The second-order valence-electron chi connectivity index (χ2n) is 5.16. The zero-order valence-electron chi connectivity index (χ0n) is 10.4. The van der Waals surface area contributed by atoms with E-state index >= 15 is 0 Å². The van der Waals surface area contributed by atoms with Gasteiger partial charge in [0.2, 0.25) is 0 Å². The molecule has 0 saturated heterocycles. The van der Waals surface area contributed by atoms with Crippen molar-refractivity contribution in [2.24, 2.45) is 5.92 Å². The first-order chi connectivity index (χ1) is 8.83. The SMILES string of the molecule is O=C(CC1CCCCC1)c1cnc2ccsc2c1. The van der Waals surface area contributed by atoms with Gasteiger partial charge in [-0.05, 0) is 23.4 Å². The Morgan fingerprint density at radius 2 is 2.17 bits per heavy atom. The highest BCUT2D eigenvalue weighted by molar-refractivity contribution is 7.17. The Morgan fingerprint density at radius 3 is 3.00 bits per heavy atom. The van der Waals surface area contributed by atoms with E-state index in [0.717, 1.165) is 15.8 Å². The monoisotopic (exact) mass is 259 g/mol. The largest absolute Gasteiger partial charge is 0.294 e. The number of nitrogens with zero attached hydrogens (tertiary/aromatic N) is 1. The second kappa shape index (κ2) is 5.19. The Balaban J connectivity index is 1.74. The maximum atomic E-state index is 12.2. The average molecular weight is 259 g/mol. The van der Waals surface area contributed by atoms with Crippen LogP contribution in [0.3, 0.4) is 0 Å². The summed E-state index contributed by atoms with van der Waals surface area (Å²) in [5, 5.41) is 2.02. The molecule has 0 spiro atoms. The molecule has 0 unspecified atom stereocenters. The van der Waals surface area contributed by atoms with Gasteiger partial charge in [-0.25, -0.2) is 0 Å². The average Bonchev–Trinajstić information content (AvgIpc) is 2.87. The third-order valence-electron chi connectivity index (χ3n) is 3.82. The first-order valence-electron chi connectivity index (χ1n) is 6.69. The van der Waals surface area contributed by atoms with Crippen LogP contribution in [0.4, 0.5) is 0 Å². The van der Waals surface area contributed by atoms with Crippen LogP contribution in [0.25, 0.3) is 10.2 Å². The van der Waals surface area contributed by atoms with Gasteiger partial charge in [-0.15, -0.1) is 11.3 Å². The van der Waals surface area contributed by atoms with Crippen molar-refractivity contribution in [2.75, 3.05) is 0 Å². The smallest absolute Gasteiger partial charge is 0.164 e. The first-order valence-corrected chi connectivity index (χ1v) is 7.57. The normalized spacial score (nSPS) is 17.1. The molecule has 0 aromatic carbocycles. The maximum absolute atomic E-state index is 12.2. The van der Waals surface area contributed by atoms with Crippen LogP contribution in [0.5, 0.6) is 0 Å². The molecule has 1 fully saturated rings. The number of ketones is 1. The molecule has 3 rings (SSSR count). The first kappa shape index (κ1) is 11.8. The minimum absolute atomic E-state index is 0.268. The van der Waals surface area contributed by atoms with E-state index in [9.17, 15) is 4.79 Å². The van der Waals surface area contributed by atoms with Crippen molar-refractivity contribution in [3.63, 3.8) is 0 Å². The van der Waals surface area contributed by atoms with Crippen LogP contribution in [-0.2, 0) is 0 Å². The minimum Gasteiger partial charge on any atom is -0.294 e. The highest BCUT2D eigenvalue weighted by Crippen LogP contribution is 2.28. The number of carbonyl (C=O) groups is 1. The number of rotatable bonds is 3. The standard InChI is InChI=1S/C15H17NOS/c17-14(8-11-4-2-1-3-5-11)12-9-15-13(16-10-12)6-7-18-15/h6-7,9-11H,1-5,8H2. The van der Waals surface area contributed by atoms with Crippen LogP contribution < -0.4 is 0 Å². The highest BCUT2D eigenvalue weighted by atomic mass is 32.1. The van der Waals surface area contributed by atoms with Gasteiger partial charge in [0.05, 0.1) is 10.2 Å². The van der Waals surface area contributed by atoms with Gasteiger partial charge in [0, 0.05) is 18.2 Å². The number of Topliss-reactive ketones (excluding diaryl/α,β-unsaturated/α-hetero) is 1. The topological polar surface area (TPSA) is 30.0 Å². The lowest BCUT2D eigenvalue weighted by molar-refractivity contribution is 0.0950. The molecule has 18 heavy (non-hydrogen) atoms. The predicted octanol–water partition coefficient (Wildman–Crippen LogP) is 4.45. The molecular weight excluding hydrogens is 242 g/mol. The number of thiophene rings is 1. The van der Waals surface area contributed by atoms with Crippen molar-refractivity contribution < 1.29 is 4.79 Å². The molecule has 0 aliphatic heterocycles. The molecule has 1 aliphatic carbocycles. The second-order valence-corrected chi connectivity index (χ2v) is 6.11. The molecule has 2 heterocycles. The fourth-order valence-corrected chi connectivity index (χ4v) is 3.55. The van der Waals surface area contributed by atoms with Gasteiger partial charge < -0.3 is 0 Å². The van der Waals surface area contributed by atoms with Gasteiger partial charge in [-0.1, -0.05) is 32.1 Å². The highest BCUT2D eigenvalue weighted by Gasteiger charge is 2.18. The number of hydrogen-bond acceptors (Lipinski definition) is 3. The summed E-state index contributed by atoms with van der Waals surface area (Å²) in [7, 11) is 0. The lowest BCUT2D eigenvalue weighted by Gasteiger charge is -2.20. The van der Waals surface area contributed by atoms with Gasteiger partial charge in [-0.2, -0.15) is 0 Å². The Hall–Kier alpha value is -1.22. The molecule has 2 aromatic heterocycles. The number of hydrogen-bond donors (Lipinski definition) is 0. The molecule has 94 valence electrons. The van der Waals surface area contributed by atoms with Gasteiger partial charge >= 0.3 is 0 Å². The summed E-state index contributed by atoms with van der Waals surface area (Å²) in [4.78, 5) is 16.6. The van der Waals surface area contributed by atoms with Crippen molar-refractivity contribution in [3.05, 3.63) is 29.3 Å². The summed E-state index contributed by atoms with van der Waals surface area (Å²) in [5.74, 6) is 0.870. The van der Waals surface area contributed by atoms with Gasteiger partial charge in [0.15, 0.2) is 5.78 Å². The summed E-state index contributed by atoms with van der Waals surface area (Å²) in [6.07, 6.45) is 8.81. The third kappa shape index (κ3) is 2.46. The van der Waals surface area contributed by atoms with Crippen molar-refractivity contribution in [1.82, 2.24) is 4.98 Å².